The van der Waals surface area contributed by atoms with E-state index in [-0.39, 0.29) is 6.09 Å². The molecule has 0 aliphatic carbocycles. The molecule has 6 nitrogen and oxygen atoms in total. The average molecular weight is 404 g/mol. The van der Waals surface area contributed by atoms with E-state index in [4.69, 9.17) is 9.26 Å². The zero-order chi connectivity index (χ0) is 20.1. The molecule has 1 fully saturated rings. The minimum absolute atomic E-state index is 0.208. The molecule has 0 spiro atoms. The number of ether oxygens (including phenoxy) is 1. The minimum atomic E-state index is -0.445. The van der Waals surface area contributed by atoms with Crippen molar-refractivity contribution in [1.82, 2.24) is 15.0 Å². The summed E-state index contributed by atoms with van der Waals surface area (Å²) in [7, 11) is 0. The smallest absolute Gasteiger partial charge is 0.410 e. The highest BCUT2D eigenvalue weighted by Gasteiger charge is 2.27. The van der Waals surface area contributed by atoms with E-state index in [9.17, 15) is 4.79 Å². The third-order valence-electron chi connectivity index (χ3n) is 4.85. The van der Waals surface area contributed by atoms with Crippen molar-refractivity contribution >= 4 is 17.9 Å². The number of hydrogen-bond donors (Lipinski definition) is 0. The third-order valence-corrected chi connectivity index (χ3v) is 5.59. The van der Waals surface area contributed by atoms with Gasteiger partial charge >= 0.3 is 6.09 Å². The van der Waals surface area contributed by atoms with Gasteiger partial charge in [0.1, 0.15) is 5.60 Å². The molecular formula is C21H29N3O3S. The molecular weight excluding hydrogens is 374 g/mol. The van der Waals surface area contributed by atoms with Crippen LogP contribution in [0, 0.1) is 5.92 Å². The number of nitrogens with zero attached hydrogens (tertiary/aromatic N) is 3. The van der Waals surface area contributed by atoms with Crippen LogP contribution in [0.1, 0.15) is 45.9 Å². The second-order valence-corrected chi connectivity index (χ2v) is 9.07. The Morgan fingerprint density at radius 1 is 1.25 bits per heavy atom. The van der Waals surface area contributed by atoms with Gasteiger partial charge in [-0.1, -0.05) is 5.16 Å². The zero-order valence-electron chi connectivity index (χ0n) is 17.1. The van der Waals surface area contributed by atoms with Gasteiger partial charge in [-0.3, -0.25) is 0 Å². The summed E-state index contributed by atoms with van der Waals surface area (Å²) in [5, 5.41) is 4.11. The molecule has 1 aromatic carbocycles. The first kappa shape index (κ1) is 20.7. The van der Waals surface area contributed by atoms with Crippen molar-refractivity contribution < 1.29 is 14.1 Å². The Morgan fingerprint density at radius 3 is 2.54 bits per heavy atom. The van der Waals surface area contributed by atoms with E-state index in [1.54, 1.807) is 11.8 Å². The second kappa shape index (κ2) is 8.99. The first-order valence-corrected chi connectivity index (χ1v) is 11.0. The molecule has 1 aliphatic rings. The Labute approximate surface area is 171 Å². The maximum atomic E-state index is 12.1. The minimum Gasteiger partial charge on any atom is -0.444 e. The van der Waals surface area contributed by atoms with Gasteiger partial charge in [0.25, 0.3) is 0 Å². The number of benzene rings is 1. The average Bonchev–Trinajstić information content (AvgIpc) is 3.14. The Bertz CT molecular complexity index is 775. The number of aromatic nitrogens is 2. The molecule has 152 valence electrons. The zero-order valence-corrected chi connectivity index (χ0v) is 17.9. The van der Waals surface area contributed by atoms with Gasteiger partial charge < -0.3 is 14.2 Å². The Balaban J connectivity index is 1.45. The first-order valence-electron chi connectivity index (χ1n) is 9.79. The van der Waals surface area contributed by atoms with Crippen LogP contribution in [-0.4, -0.2) is 46.1 Å². The van der Waals surface area contributed by atoms with E-state index >= 15 is 0 Å². The fraction of sp³-hybridized carbons (Fsp3) is 0.571. The van der Waals surface area contributed by atoms with Crippen LogP contribution in [0.3, 0.4) is 0 Å². The molecule has 1 saturated heterocycles. The van der Waals surface area contributed by atoms with Crippen LogP contribution >= 0.6 is 11.8 Å². The van der Waals surface area contributed by atoms with Crippen LogP contribution in [0.25, 0.3) is 11.4 Å². The van der Waals surface area contributed by atoms with Gasteiger partial charge in [0, 0.05) is 30.0 Å². The quantitative estimate of drug-likeness (QED) is 0.652. The fourth-order valence-corrected chi connectivity index (χ4v) is 3.68. The fourth-order valence-electron chi connectivity index (χ4n) is 3.27. The van der Waals surface area contributed by atoms with E-state index in [0.717, 1.165) is 44.3 Å². The van der Waals surface area contributed by atoms with E-state index in [0.29, 0.717) is 17.6 Å². The van der Waals surface area contributed by atoms with Crippen LogP contribution in [-0.2, 0) is 11.2 Å². The first-order chi connectivity index (χ1) is 13.3. The standard InChI is InChI=1S/C21H29N3O3S/c1-21(2,3)26-20(25)24-13-11-15(12-14-24)5-10-18-22-19(23-27-18)16-6-8-17(28-4)9-7-16/h6-9,15H,5,10-14H2,1-4H3. The molecule has 0 bridgehead atoms. The van der Waals surface area contributed by atoms with Crippen molar-refractivity contribution in [3.8, 4) is 11.4 Å². The highest BCUT2D eigenvalue weighted by molar-refractivity contribution is 7.98. The predicted molar refractivity (Wildman–Crippen MR) is 110 cm³/mol. The molecule has 0 saturated carbocycles. The lowest BCUT2D eigenvalue weighted by Gasteiger charge is -2.33. The number of rotatable bonds is 5. The van der Waals surface area contributed by atoms with Gasteiger partial charge in [-0.15, -0.1) is 11.8 Å². The lowest BCUT2D eigenvalue weighted by molar-refractivity contribution is 0.0180. The van der Waals surface area contributed by atoms with Crippen LogP contribution in [0.15, 0.2) is 33.7 Å². The van der Waals surface area contributed by atoms with Gasteiger partial charge in [0.15, 0.2) is 0 Å². The third kappa shape index (κ3) is 5.74. The Kier molecular flexibility index (Phi) is 6.65. The molecule has 0 atom stereocenters. The number of hydrogen-bond acceptors (Lipinski definition) is 6. The van der Waals surface area contributed by atoms with Crippen LogP contribution in [0.2, 0.25) is 0 Å². The summed E-state index contributed by atoms with van der Waals surface area (Å²) < 4.78 is 10.9. The van der Waals surface area contributed by atoms with E-state index < -0.39 is 5.60 Å². The Morgan fingerprint density at radius 2 is 1.93 bits per heavy atom. The summed E-state index contributed by atoms with van der Waals surface area (Å²) in [6.45, 7) is 7.18. The molecule has 2 aromatic rings. The number of carbonyl (C=O) groups is 1. The van der Waals surface area contributed by atoms with Crippen LogP contribution in [0.5, 0.6) is 0 Å². The molecule has 1 amide bonds. The summed E-state index contributed by atoms with van der Waals surface area (Å²) in [4.78, 5) is 19.7. The lowest BCUT2D eigenvalue weighted by atomic mass is 9.92. The maximum Gasteiger partial charge on any atom is 0.410 e. The van der Waals surface area contributed by atoms with Crippen molar-refractivity contribution in [2.24, 2.45) is 5.92 Å². The number of carbonyl (C=O) groups excluding carboxylic acids is 1. The Hall–Kier alpha value is -2.02. The molecule has 0 radical (unpaired) electrons. The summed E-state index contributed by atoms with van der Waals surface area (Å²) in [5.74, 6) is 1.89. The van der Waals surface area contributed by atoms with Crippen LogP contribution < -0.4 is 0 Å². The highest BCUT2D eigenvalue weighted by atomic mass is 32.2. The molecule has 2 heterocycles. The van der Waals surface area contributed by atoms with Crippen molar-refractivity contribution in [3.05, 3.63) is 30.2 Å². The van der Waals surface area contributed by atoms with Crippen LogP contribution in [0.4, 0.5) is 4.79 Å². The van der Waals surface area contributed by atoms with E-state index in [1.165, 1.54) is 4.90 Å². The predicted octanol–water partition coefficient (Wildman–Crippen LogP) is 5.04. The van der Waals surface area contributed by atoms with E-state index in [2.05, 4.69) is 28.5 Å². The van der Waals surface area contributed by atoms with Crippen molar-refractivity contribution in [2.75, 3.05) is 19.3 Å². The second-order valence-electron chi connectivity index (χ2n) is 8.19. The summed E-state index contributed by atoms with van der Waals surface area (Å²) >= 11 is 1.71. The van der Waals surface area contributed by atoms with E-state index in [1.807, 2.05) is 37.8 Å². The van der Waals surface area contributed by atoms with Gasteiger partial charge in [0.2, 0.25) is 11.7 Å². The lowest BCUT2D eigenvalue weighted by Crippen LogP contribution is -2.41. The maximum absolute atomic E-state index is 12.1. The molecule has 0 unspecified atom stereocenters. The molecule has 0 N–H and O–H groups in total. The van der Waals surface area contributed by atoms with Gasteiger partial charge in [0.05, 0.1) is 0 Å². The van der Waals surface area contributed by atoms with Gasteiger partial charge in [-0.25, -0.2) is 4.79 Å². The number of amides is 1. The normalized spacial score (nSPS) is 15.6. The van der Waals surface area contributed by atoms with Crippen molar-refractivity contribution in [3.63, 3.8) is 0 Å². The van der Waals surface area contributed by atoms with Crippen molar-refractivity contribution in [2.45, 2.75) is 57.0 Å². The SMILES string of the molecule is CSc1ccc(-c2noc(CCC3CCN(C(=O)OC(C)(C)C)CC3)n2)cc1. The molecule has 1 aromatic heterocycles. The summed E-state index contributed by atoms with van der Waals surface area (Å²) in [6.07, 6.45) is 5.58. The topological polar surface area (TPSA) is 68.5 Å². The van der Waals surface area contributed by atoms with Gasteiger partial charge in [-0.2, -0.15) is 4.98 Å². The molecule has 1 aliphatic heterocycles. The number of piperidine rings is 1. The summed E-state index contributed by atoms with van der Waals surface area (Å²) in [6, 6.07) is 8.17. The largest absolute Gasteiger partial charge is 0.444 e. The number of likely N-dealkylation sites (tertiary alicyclic amines) is 1. The molecule has 3 rings (SSSR count). The van der Waals surface area contributed by atoms with Gasteiger partial charge in [-0.05, 0) is 76.5 Å². The van der Waals surface area contributed by atoms with Crippen molar-refractivity contribution in [1.29, 1.82) is 0 Å². The summed E-state index contributed by atoms with van der Waals surface area (Å²) in [5.41, 5.74) is 0.526. The molecule has 7 heteroatoms. The number of aryl methyl sites for hydroxylation is 1. The monoisotopic (exact) mass is 403 g/mol. The number of thioether (sulfide) groups is 1. The highest BCUT2D eigenvalue weighted by Crippen LogP contribution is 2.25. The molecule has 28 heavy (non-hydrogen) atoms.